The Bertz CT molecular complexity index is 806. The Hall–Kier alpha value is -2.24. The summed E-state index contributed by atoms with van der Waals surface area (Å²) in [4.78, 5) is 4.69. The Morgan fingerprint density at radius 1 is 1.00 bits per heavy atom. The monoisotopic (exact) mass is 412 g/mol. The lowest BCUT2D eigenvalue weighted by atomic mass is 9.85. The Morgan fingerprint density at radius 2 is 1.67 bits per heavy atom. The Balaban J connectivity index is 1.48. The van der Waals surface area contributed by atoms with Crippen LogP contribution in [0.1, 0.15) is 31.9 Å². The maximum Gasteiger partial charge on any atom is 0.123 e. The second-order valence-electron chi connectivity index (χ2n) is 9.20. The van der Waals surface area contributed by atoms with Crippen LogP contribution in [0.15, 0.2) is 42.5 Å². The molecular formula is C25H36N2O3. The molecule has 164 valence electrons. The molecule has 0 unspecified atom stereocenters. The van der Waals surface area contributed by atoms with E-state index in [1.165, 1.54) is 16.8 Å². The van der Waals surface area contributed by atoms with E-state index in [4.69, 9.17) is 9.47 Å². The summed E-state index contributed by atoms with van der Waals surface area (Å²) in [5, 5.41) is 10.6. The lowest BCUT2D eigenvalue weighted by Crippen LogP contribution is -2.49. The van der Waals surface area contributed by atoms with Gasteiger partial charge in [0.25, 0.3) is 0 Å². The number of rotatable bonds is 7. The fourth-order valence-corrected chi connectivity index (χ4v) is 3.87. The van der Waals surface area contributed by atoms with Crippen molar-refractivity contribution in [1.29, 1.82) is 0 Å². The lowest BCUT2D eigenvalue weighted by Gasteiger charge is -2.37. The SMILES string of the molecule is COc1ccc(N2CCN(C[C@@H](O)COc3ccc(C)cc3C(C)(C)C)CC2)cc1. The van der Waals surface area contributed by atoms with Crippen molar-refractivity contribution in [3.63, 3.8) is 0 Å². The van der Waals surface area contributed by atoms with Crippen LogP contribution in [-0.4, -0.2) is 62.6 Å². The van der Waals surface area contributed by atoms with Gasteiger partial charge in [0.05, 0.1) is 7.11 Å². The molecule has 0 amide bonds. The molecule has 30 heavy (non-hydrogen) atoms. The highest BCUT2D eigenvalue weighted by Gasteiger charge is 2.22. The van der Waals surface area contributed by atoms with E-state index in [1.807, 2.05) is 18.2 Å². The summed E-state index contributed by atoms with van der Waals surface area (Å²) in [6.07, 6.45) is -0.508. The van der Waals surface area contributed by atoms with Gasteiger partial charge in [0.2, 0.25) is 0 Å². The predicted molar refractivity (Wildman–Crippen MR) is 123 cm³/mol. The van der Waals surface area contributed by atoms with Crippen LogP contribution in [0.5, 0.6) is 11.5 Å². The first kappa shape index (κ1) is 22.4. The number of piperazine rings is 1. The van der Waals surface area contributed by atoms with E-state index >= 15 is 0 Å². The molecule has 1 atom stereocenters. The smallest absolute Gasteiger partial charge is 0.123 e. The molecular weight excluding hydrogens is 376 g/mol. The molecule has 0 bridgehead atoms. The van der Waals surface area contributed by atoms with E-state index in [2.05, 4.69) is 61.8 Å². The fraction of sp³-hybridized carbons (Fsp3) is 0.520. The summed E-state index contributed by atoms with van der Waals surface area (Å²) in [6, 6.07) is 14.5. The fourth-order valence-electron chi connectivity index (χ4n) is 3.87. The highest BCUT2D eigenvalue weighted by atomic mass is 16.5. The third kappa shape index (κ3) is 5.89. The van der Waals surface area contributed by atoms with E-state index in [0.29, 0.717) is 13.2 Å². The van der Waals surface area contributed by atoms with Crippen LogP contribution in [0.25, 0.3) is 0 Å². The average Bonchev–Trinajstić information content (AvgIpc) is 2.73. The zero-order valence-corrected chi connectivity index (χ0v) is 19.0. The molecule has 1 heterocycles. The second kappa shape index (κ2) is 9.71. The van der Waals surface area contributed by atoms with Gasteiger partial charge in [0.15, 0.2) is 0 Å². The van der Waals surface area contributed by atoms with E-state index < -0.39 is 6.10 Å². The molecule has 1 aliphatic heterocycles. The zero-order chi connectivity index (χ0) is 21.7. The molecule has 1 aliphatic rings. The van der Waals surface area contributed by atoms with E-state index in [1.54, 1.807) is 7.11 Å². The molecule has 5 heteroatoms. The summed E-state index contributed by atoms with van der Waals surface area (Å²) < 4.78 is 11.3. The number of aryl methyl sites for hydroxylation is 1. The third-order valence-electron chi connectivity index (χ3n) is 5.65. The van der Waals surface area contributed by atoms with E-state index in [-0.39, 0.29) is 5.41 Å². The molecule has 5 nitrogen and oxygen atoms in total. The van der Waals surface area contributed by atoms with E-state index in [9.17, 15) is 5.11 Å². The van der Waals surface area contributed by atoms with Gasteiger partial charge < -0.3 is 19.5 Å². The molecule has 1 saturated heterocycles. The van der Waals surface area contributed by atoms with Gasteiger partial charge in [-0.15, -0.1) is 0 Å². The Morgan fingerprint density at radius 3 is 2.27 bits per heavy atom. The number of nitrogens with zero attached hydrogens (tertiary/aromatic N) is 2. The van der Waals surface area contributed by atoms with Crippen LogP contribution in [0.4, 0.5) is 5.69 Å². The highest BCUT2D eigenvalue weighted by molar-refractivity contribution is 5.49. The van der Waals surface area contributed by atoms with Gasteiger partial charge in [-0.25, -0.2) is 0 Å². The van der Waals surface area contributed by atoms with Crippen LogP contribution >= 0.6 is 0 Å². The first-order chi connectivity index (χ1) is 14.3. The van der Waals surface area contributed by atoms with Crippen LogP contribution in [-0.2, 0) is 5.41 Å². The largest absolute Gasteiger partial charge is 0.497 e. The van der Waals surface area contributed by atoms with Crippen molar-refractivity contribution >= 4 is 5.69 Å². The highest BCUT2D eigenvalue weighted by Crippen LogP contribution is 2.32. The van der Waals surface area contributed by atoms with Crippen molar-refractivity contribution in [2.45, 2.75) is 39.2 Å². The maximum atomic E-state index is 10.6. The van der Waals surface area contributed by atoms with Gasteiger partial charge in [-0.3, -0.25) is 4.90 Å². The molecule has 3 rings (SSSR count). The minimum atomic E-state index is -0.508. The number of hydrogen-bond donors (Lipinski definition) is 1. The van der Waals surface area contributed by atoms with Crippen molar-refractivity contribution in [2.24, 2.45) is 0 Å². The van der Waals surface area contributed by atoms with Gasteiger partial charge in [-0.2, -0.15) is 0 Å². The normalized spacial score (nSPS) is 16.4. The summed E-state index contributed by atoms with van der Waals surface area (Å²) in [5.41, 5.74) is 3.63. The van der Waals surface area contributed by atoms with Gasteiger partial charge in [0, 0.05) is 38.4 Å². The molecule has 0 aromatic heterocycles. The summed E-state index contributed by atoms with van der Waals surface area (Å²) in [6.45, 7) is 13.4. The van der Waals surface area contributed by atoms with Gasteiger partial charge in [-0.05, 0) is 48.2 Å². The summed E-state index contributed by atoms with van der Waals surface area (Å²) >= 11 is 0. The predicted octanol–water partition coefficient (Wildman–Crippen LogP) is 3.86. The van der Waals surface area contributed by atoms with Crippen molar-refractivity contribution in [1.82, 2.24) is 4.90 Å². The van der Waals surface area contributed by atoms with Crippen LogP contribution in [0.3, 0.4) is 0 Å². The van der Waals surface area contributed by atoms with Gasteiger partial charge in [-0.1, -0.05) is 38.5 Å². The quantitative estimate of drug-likeness (QED) is 0.748. The average molecular weight is 413 g/mol. The number of aliphatic hydroxyl groups excluding tert-OH is 1. The molecule has 2 aromatic carbocycles. The van der Waals surface area contributed by atoms with Crippen molar-refractivity contribution in [3.8, 4) is 11.5 Å². The lowest BCUT2D eigenvalue weighted by molar-refractivity contribution is 0.0656. The van der Waals surface area contributed by atoms with Gasteiger partial charge >= 0.3 is 0 Å². The molecule has 0 spiro atoms. The third-order valence-corrected chi connectivity index (χ3v) is 5.65. The van der Waals surface area contributed by atoms with Crippen molar-refractivity contribution < 1.29 is 14.6 Å². The molecule has 0 aliphatic carbocycles. The first-order valence-electron chi connectivity index (χ1n) is 10.8. The zero-order valence-electron chi connectivity index (χ0n) is 19.0. The Labute approximate surface area is 181 Å². The van der Waals surface area contributed by atoms with Crippen molar-refractivity contribution in [2.75, 3.05) is 51.3 Å². The van der Waals surface area contributed by atoms with Crippen LogP contribution in [0, 0.1) is 6.92 Å². The second-order valence-corrected chi connectivity index (χ2v) is 9.20. The number of aliphatic hydroxyl groups is 1. The maximum absolute atomic E-state index is 10.6. The standard InChI is InChI=1S/C25H36N2O3/c1-19-6-11-24(23(16-19)25(2,3)4)30-18-21(28)17-26-12-14-27(15-13-26)20-7-9-22(29-5)10-8-20/h6-11,16,21,28H,12-15,17-18H2,1-5H3/t21-/m1/s1. The van der Waals surface area contributed by atoms with E-state index in [0.717, 1.165) is 37.7 Å². The van der Waals surface area contributed by atoms with Crippen LogP contribution in [0.2, 0.25) is 0 Å². The molecule has 1 N–H and O–H groups in total. The number of hydrogen-bond acceptors (Lipinski definition) is 5. The molecule has 2 aromatic rings. The number of benzene rings is 2. The summed E-state index contributed by atoms with van der Waals surface area (Å²) in [7, 11) is 1.69. The Kier molecular flexibility index (Phi) is 7.27. The summed E-state index contributed by atoms with van der Waals surface area (Å²) in [5.74, 6) is 1.75. The van der Waals surface area contributed by atoms with Crippen LogP contribution < -0.4 is 14.4 Å². The minimum Gasteiger partial charge on any atom is -0.497 e. The topological polar surface area (TPSA) is 45.2 Å². The number of anilines is 1. The van der Waals surface area contributed by atoms with Crippen molar-refractivity contribution in [3.05, 3.63) is 53.6 Å². The molecule has 1 fully saturated rings. The molecule has 0 radical (unpaired) electrons. The number of β-amino-alcohol motifs (C(OH)–C–C–N with tert-alkyl or cyclic N) is 1. The number of methoxy groups -OCH3 is 1. The number of ether oxygens (including phenoxy) is 2. The van der Waals surface area contributed by atoms with Gasteiger partial charge in [0.1, 0.15) is 24.2 Å². The first-order valence-corrected chi connectivity index (χ1v) is 10.8. The molecule has 0 saturated carbocycles. The minimum absolute atomic E-state index is 0.00406.